The van der Waals surface area contributed by atoms with Crippen molar-refractivity contribution in [3.63, 3.8) is 0 Å². The normalized spacial score (nSPS) is 12.0. The van der Waals surface area contributed by atoms with Gasteiger partial charge in [0.2, 0.25) is 5.78 Å². The van der Waals surface area contributed by atoms with Crippen LogP contribution in [-0.4, -0.2) is 36.9 Å². The molecular weight excluding hydrogens is 316 g/mol. The molecule has 5 nitrogen and oxygen atoms in total. The van der Waals surface area contributed by atoms with Crippen molar-refractivity contribution in [2.24, 2.45) is 0 Å². The lowest BCUT2D eigenvalue weighted by molar-refractivity contribution is 0.0319. The number of esters is 1. The van der Waals surface area contributed by atoms with Crippen LogP contribution in [0.3, 0.4) is 0 Å². The molecule has 0 saturated carbocycles. The summed E-state index contributed by atoms with van der Waals surface area (Å²) in [5.74, 6) is -0.737. The Labute approximate surface area is 146 Å². The second-order valence-electron chi connectivity index (χ2n) is 6.10. The summed E-state index contributed by atoms with van der Waals surface area (Å²) in [6.07, 6.45) is 0.791. The molecule has 0 bridgehead atoms. The van der Waals surface area contributed by atoms with Crippen molar-refractivity contribution in [1.82, 2.24) is 4.98 Å². The van der Waals surface area contributed by atoms with Gasteiger partial charge in [0, 0.05) is 42.4 Å². The third-order valence-corrected chi connectivity index (χ3v) is 4.11. The second kappa shape index (κ2) is 6.81. The molecule has 5 heteroatoms. The Morgan fingerprint density at radius 2 is 1.84 bits per heavy atom. The summed E-state index contributed by atoms with van der Waals surface area (Å²) in [4.78, 5) is 30.0. The molecular formula is C20H20N2O3. The number of Topliss-reactive ketones (excluding diaryl/α,β-unsaturated/α-hetero) is 1. The summed E-state index contributed by atoms with van der Waals surface area (Å²) < 4.78 is 5.38. The van der Waals surface area contributed by atoms with E-state index < -0.39 is 12.1 Å². The van der Waals surface area contributed by atoms with Crippen LogP contribution < -0.4 is 4.90 Å². The number of hydrogen-bond donors (Lipinski definition) is 1. The molecule has 1 atom stereocenters. The summed E-state index contributed by atoms with van der Waals surface area (Å²) in [7, 11) is 3.79. The number of rotatable bonds is 5. The van der Waals surface area contributed by atoms with Crippen molar-refractivity contribution in [3.8, 4) is 0 Å². The predicted molar refractivity (Wildman–Crippen MR) is 98.3 cm³/mol. The fourth-order valence-corrected chi connectivity index (χ4v) is 2.69. The highest BCUT2D eigenvalue weighted by atomic mass is 16.5. The van der Waals surface area contributed by atoms with Gasteiger partial charge in [0.25, 0.3) is 0 Å². The zero-order valence-corrected chi connectivity index (χ0v) is 14.4. The van der Waals surface area contributed by atoms with Crippen molar-refractivity contribution in [2.45, 2.75) is 13.0 Å². The minimum absolute atomic E-state index is 0.227. The highest BCUT2D eigenvalue weighted by Gasteiger charge is 2.23. The number of para-hydroxylation sites is 1. The SMILES string of the molecule is C[C@@H](OC(=O)c1cccc(N(C)C)c1)C(=O)c1c[nH]c2ccccc12. The summed E-state index contributed by atoms with van der Waals surface area (Å²) >= 11 is 0. The molecule has 3 rings (SSSR count). The quantitative estimate of drug-likeness (QED) is 0.570. The number of ether oxygens (including phenoxy) is 1. The van der Waals surface area contributed by atoms with Crippen LogP contribution in [0.15, 0.2) is 54.7 Å². The fraction of sp³-hybridized carbons (Fsp3) is 0.200. The lowest BCUT2D eigenvalue weighted by Crippen LogP contribution is -2.24. The highest BCUT2D eigenvalue weighted by molar-refractivity contribution is 6.10. The number of aromatic amines is 1. The number of nitrogens with one attached hydrogen (secondary N) is 1. The van der Waals surface area contributed by atoms with Crippen LogP contribution in [-0.2, 0) is 4.74 Å². The summed E-state index contributed by atoms with van der Waals surface area (Å²) in [5, 5.41) is 0.824. The number of H-pyrrole nitrogens is 1. The first-order chi connectivity index (χ1) is 12.0. The van der Waals surface area contributed by atoms with Gasteiger partial charge in [-0.2, -0.15) is 0 Å². The van der Waals surface area contributed by atoms with Gasteiger partial charge in [-0.1, -0.05) is 24.3 Å². The first-order valence-electron chi connectivity index (χ1n) is 8.06. The van der Waals surface area contributed by atoms with Crippen LogP contribution in [0.4, 0.5) is 5.69 Å². The second-order valence-corrected chi connectivity index (χ2v) is 6.10. The van der Waals surface area contributed by atoms with Crippen LogP contribution in [0.5, 0.6) is 0 Å². The van der Waals surface area contributed by atoms with E-state index in [-0.39, 0.29) is 5.78 Å². The number of ketones is 1. The molecule has 0 fully saturated rings. The standard InChI is InChI=1S/C20H20N2O3/c1-13(19(23)17-12-21-18-10-5-4-9-16(17)18)25-20(24)14-7-6-8-15(11-14)22(2)3/h4-13,21H,1-3H3/t13-/m1/s1. The Hall–Kier alpha value is -3.08. The van der Waals surface area contributed by atoms with Gasteiger partial charge in [0.1, 0.15) is 0 Å². The minimum Gasteiger partial charge on any atom is -0.451 e. The van der Waals surface area contributed by atoms with Crippen molar-refractivity contribution in [3.05, 3.63) is 65.9 Å². The number of anilines is 1. The first-order valence-corrected chi connectivity index (χ1v) is 8.06. The van der Waals surface area contributed by atoms with Crippen molar-refractivity contribution in [1.29, 1.82) is 0 Å². The van der Waals surface area contributed by atoms with Crippen LogP contribution >= 0.6 is 0 Å². The molecule has 0 aliphatic rings. The third kappa shape index (κ3) is 3.40. The van der Waals surface area contributed by atoms with Crippen LogP contribution in [0.1, 0.15) is 27.6 Å². The molecule has 0 aliphatic heterocycles. The van der Waals surface area contributed by atoms with E-state index in [4.69, 9.17) is 4.74 Å². The molecule has 0 aliphatic carbocycles. The lowest BCUT2D eigenvalue weighted by atomic mass is 10.1. The van der Waals surface area contributed by atoms with Crippen molar-refractivity contribution >= 4 is 28.3 Å². The fourth-order valence-electron chi connectivity index (χ4n) is 2.69. The molecule has 0 saturated heterocycles. The maximum absolute atomic E-state index is 12.7. The molecule has 3 aromatic rings. The van der Waals surface area contributed by atoms with E-state index in [1.165, 1.54) is 0 Å². The van der Waals surface area contributed by atoms with Crippen LogP contribution in [0, 0.1) is 0 Å². The molecule has 1 aromatic heterocycles. The van der Waals surface area contributed by atoms with Crippen molar-refractivity contribution < 1.29 is 14.3 Å². The zero-order chi connectivity index (χ0) is 18.0. The van der Waals surface area contributed by atoms with Crippen LogP contribution in [0.2, 0.25) is 0 Å². The summed E-state index contributed by atoms with van der Waals surface area (Å²) in [6, 6.07) is 14.6. The van der Waals surface area contributed by atoms with Gasteiger partial charge < -0.3 is 14.6 Å². The van der Waals surface area contributed by atoms with Gasteiger partial charge in [-0.05, 0) is 31.2 Å². The minimum atomic E-state index is -0.866. The smallest absolute Gasteiger partial charge is 0.338 e. The van der Waals surface area contributed by atoms with Crippen LogP contribution in [0.25, 0.3) is 10.9 Å². The van der Waals surface area contributed by atoms with E-state index in [2.05, 4.69) is 4.98 Å². The molecule has 25 heavy (non-hydrogen) atoms. The average Bonchev–Trinajstić information content (AvgIpc) is 3.05. The predicted octanol–water partition coefficient (Wildman–Crippen LogP) is 3.66. The summed E-state index contributed by atoms with van der Waals surface area (Å²) in [5.41, 5.74) is 2.72. The largest absolute Gasteiger partial charge is 0.451 e. The Morgan fingerprint density at radius 3 is 2.60 bits per heavy atom. The van der Waals surface area contributed by atoms with Gasteiger partial charge >= 0.3 is 5.97 Å². The molecule has 0 spiro atoms. The number of carbonyl (C=O) groups is 2. The number of carbonyl (C=O) groups excluding carboxylic acids is 2. The summed E-state index contributed by atoms with van der Waals surface area (Å²) in [6.45, 7) is 1.60. The molecule has 0 unspecified atom stereocenters. The van der Waals surface area contributed by atoms with E-state index in [0.29, 0.717) is 11.1 Å². The molecule has 1 N–H and O–H groups in total. The number of nitrogens with zero attached hydrogens (tertiary/aromatic N) is 1. The van der Waals surface area contributed by atoms with E-state index in [0.717, 1.165) is 16.6 Å². The molecule has 2 aromatic carbocycles. The van der Waals surface area contributed by atoms with Gasteiger partial charge in [-0.3, -0.25) is 4.79 Å². The molecule has 1 heterocycles. The van der Waals surface area contributed by atoms with E-state index in [9.17, 15) is 9.59 Å². The van der Waals surface area contributed by atoms with Gasteiger partial charge in [-0.25, -0.2) is 4.79 Å². The number of aromatic nitrogens is 1. The maximum atomic E-state index is 12.7. The maximum Gasteiger partial charge on any atom is 0.338 e. The molecule has 0 amide bonds. The van der Waals surface area contributed by atoms with E-state index >= 15 is 0 Å². The zero-order valence-electron chi connectivity index (χ0n) is 14.4. The number of fused-ring (bicyclic) bond motifs is 1. The number of hydrogen-bond acceptors (Lipinski definition) is 4. The highest BCUT2D eigenvalue weighted by Crippen LogP contribution is 2.21. The van der Waals surface area contributed by atoms with Gasteiger partial charge in [0.15, 0.2) is 6.10 Å². The third-order valence-electron chi connectivity index (χ3n) is 4.11. The van der Waals surface area contributed by atoms with E-state index in [1.807, 2.05) is 49.3 Å². The Balaban J connectivity index is 1.77. The van der Waals surface area contributed by atoms with E-state index in [1.54, 1.807) is 31.3 Å². The number of benzene rings is 2. The average molecular weight is 336 g/mol. The first kappa shape index (κ1) is 16.8. The van der Waals surface area contributed by atoms with Gasteiger partial charge in [0.05, 0.1) is 5.56 Å². The molecule has 128 valence electrons. The Morgan fingerprint density at radius 1 is 1.08 bits per heavy atom. The van der Waals surface area contributed by atoms with Crippen molar-refractivity contribution in [2.75, 3.05) is 19.0 Å². The molecule has 0 radical (unpaired) electrons. The monoisotopic (exact) mass is 336 g/mol. The topological polar surface area (TPSA) is 62.4 Å². The lowest BCUT2D eigenvalue weighted by Gasteiger charge is -2.15. The van der Waals surface area contributed by atoms with Gasteiger partial charge in [-0.15, -0.1) is 0 Å². The Bertz CT molecular complexity index is 927. The Kier molecular flexibility index (Phi) is 4.57.